The average molecular weight is 329 g/mol. The predicted molar refractivity (Wildman–Crippen MR) is 86.5 cm³/mol. The maximum atomic E-state index is 12.5. The van der Waals surface area contributed by atoms with Crippen LogP contribution in [0.4, 0.5) is 5.82 Å². The van der Waals surface area contributed by atoms with Crippen LogP contribution in [0.5, 0.6) is 0 Å². The van der Waals surface area contributed by atoms with Gasteiger partial charge in [-0.2, -0.15) is 5.10 Å². The number of anilines is 1. The van der Waals surface area contributed by atoms with E-state index in [0.717, 1.165) is 5.82 Å². The molecule has 0 aromatic carbocycles. The largest absolute Gasteiger partial charge is 0.472 e. The van der Waals surface area contributed by atoms with Gasteiger partial charge in [-0.15, -0.1) is 5.10 Å². The number of hydrogen-bond acceptors (Lipinski definition) is 6. The van der Waals surface area contributed by atoms with Gasteiger partial charge in [0.05, 0.1) is 11.8 Å². The molecule has 1 fully saturated rings. The smallest absolute Gasteiger partial charge is 0.255 e. The van der Waals surface area contributed by atoms with E-state index in [0.29, 0.717) is 31.7 Å². The molecule has 0 unspecified atom stereocenters. The zero-order chi connectivity index (χ0) is 16.9. The summed E-state index contributed by atoms with van der Waals surface area (Å²) in [6, 6.07) is 4.72. The van der Waals surface area contributed by atoms with Crippen LogP contribution in [-0.4, -0.2) is 59.1 Å². The lowest BCUT2D eigenvalue weighted by Crippen LogP contribution is -2.54. The lowest BCUT2D eigenvalue weighted by atomic mass is 10.2. The second kappa shape index (κ2) is 7.12. The van der Waals surface area contributed by atoms with Gasteiger partial charge in [-0.25, -0.2) is 0 Å². The molecular weight excluding hydrogens is 310 g/mol. The van der Waals surface area contributed by atoms with Crippen LogP contribution in [0.2, 0.25) is 0 Å². The summed E-state index contributed by atoms with van der Waals surface area (Å²) in [5.74, 6) is 0.402. The predicted octanol–water partition coefficient (Wildman–Crippen LogP) is 0.537. The standard InChI is InChI=1S/C16H19N5O3/c1-12(18-15(22)13-4-10-24-11-13)16(23)21-8-6-20(7-9-21)14-3-2-5-17-19-14/h2-5,10-12H,6-9H2,1H3,(H,18,22)/t12-/m0/s1. The third kappa shape index (κ3) is 3.53. The Labute approximate surface area is 139 Å². The van der Waals surface area contributed by atoms with Crippen molar-refractivity contribution >= 4 is 17.6 Å². The number of amides is 2. The highest BCUT2D eigenvalue weighted by atomic mass is 16.3. The molecule has 0 aliphatic carbocycles. The lowest BCUT2D eigenvalue weighted by molar-refractivity contribution is -0.133. The molecule has 8 nitrogen and oxygen atoms in total. The Morgan fingerprint density at radius 3 is 2.67 bits per heavy atom. The Hall–Kier alpha value is -2.90. The summed E-state index contributed by atoms with van der Waals surface area (Å²) in [7, 11) is 0. The van der Waals surface area contributed by atoms with Crippen LogP contribution in [-0.2, 0) is 4.79 Å². The molecule has 1 atom stereocenters. The molecule has 2 aromatic rings. The van der Waals surface area contributed by atoms with Crippen molar-refractivity contribution < 1.29 is 14.0 Å². The Bertz CT molecular complexity index is 681. The number of piperazine rings is 1. The summed E-state index contributed by atoms with van der Waals surface area (Å²) in [4.78, 5) is 28.3. The normalized spacial score (nSPS) is 15.9. The molecule has 3 heterocycles. The van der Waals surface area contributed by atoms with E-state index in [-0.39, 0.29) is 11.8 Å². The van der Waals surface area contributed by atoms with Crippen molar-refractivity contribution in [3.05, 3.63) is 42.5 Å². The zero-order valence-corrected chi connectivity index (χ0v) is 13.4. The molecule has 0 saturated carbocycles. The minimum Gasteiger partial charge on any atom is -0.472 e. The van der Waals surface area contributed by atoms with Gasteiger partial charge in [0.15, 0.2) is 5.82 Å². The second-order valence-electron chi connectivity index (χ2n) is 5.60. The van der Waals surface area contributed by atoms with E-state index < -0.39 is 6.04 Å². The Morgan fingerprint density at radius 1 is 1.25 bits per heavy atom. The fourth-order valence-electron chi connectivity index (χ4n) is 2.63. The lowest BCUT2D eigenvalue weighted by Gasteiger charge is -2.36. The van der Waals surface area contributed by atoms with E-state index in [1.165, 1.54) is 12.5 Å². The maximum absolute atomic E-state index is 12.5. The van der Waals surface area contributed by atoms with Crippen molar-refractivity contribution in [2.24, 2.45) is 0 Å². The molecule has 1 saturated heterocycles. The van der Waals surface area contributed by atoms with Crippen LogP contribution in [0.1, 0.15) is 17.3 Å². The number of carbonyl (C=O) groups is 2. The van der Waals surface area contributed by atoms with E-state index >= 15 is 0 Å². The molecule has 2 amide bonds. The summed E-state index contributed by atoms with van der Waals surface area (Å²) in [5.41, 5.74) is 0.405. The summed E-state index contributed by atoms with van der Waals surface area (Å²) < 4.78 is 4.88. The highest BCUT2D eigenvalue weighted by Gasteiger charge is 2.26. The number of hydrogen-bond donors (Lipinski definition) is 1. The fourth-order valence-corrected chi connectivity index (χ4v) is 2.63. The fraction of sp³-hybridized carbons (Fsp3) is 0.375. The van der Waals surface area contributed by atoms with Gasteiger partial charge in [-0.3, -0.25) is 9.59 Å². The van der Waals surface area contributed by atoms with Crippen molar-refractivity contribution in [2.45, 2.75) is 13.0 Å². The van der Waals surface area contributed by atoms with E-state index in [1.807, 2.05) is 12.1 Å². The van der Waals surface area contributed by atoms with Crippen molar-refractivity contribution in [3.63, 3.8) is 0 Å². The molecule has 0 spiro atoms. The zero-order valence-electron chi connectivity index (χ0n) is 13.4. The first-order valence-corrected chi connectivity index (χ1v) is 7.79. The van der Waals surface area contributed by atoms with Crippen molar-refractivity contribution in [1.29, 1.82) is 0 Å². The topological polar surface area (TPSA) is 91.6 Å². The first-order valence-electron chi connectivity index (χ1n) is 7.79. The van der Waals surface area contributed by atoms with Crippen LogP contribution < -0.4 is 10.2 Å². The maximum Gasteiger partial charge on any atom is 0.255 e. The third-order valence-electron chi connectivity index (χ3n) is 3.97. The average Bonchev–Trinajstić information content (AvgIpc) is 3.17. The highest BCUT2D eigenvalue weighted by Crippen LogP contribution is 2.12. The third-order valence-corrected chi connectivity index (χ3v) is 3.97. The van der Waals surface area contributed by atoms with Crippen molar-refractivity contribution in [3.8, 4) is 0 Å². The number of furan rings is 1. The van der Waals surface area contributed by atoms with Crippen molar-refractivity contribution in [2.75, 3.05) is 31.1 Å². The van der Waals surface area contributed by atoms with Gasteiger partial charge < -0.3 is 19.5 Å². The van der Waals surface area contributed by atoms with Crippen LogP contribution >= 0.6 is 0 Å². The monoisotopic (exact) mass is 329 g/mol. The number of carbonyl (C=O) groups excluding carboxylic acids is 2. The number of nitrogens with one attached hydrogen (secondary N) is 1. The molecule has 8 heteroatoms. The first kappa shape index (κ1) is 16.0. The molecular formula is C16H19N5O3. The minimum atomic E-state index is -0.588. The summed E-state index contributed by atoms with van der Waals surface area (Å²) in [5, 5.41) is 10.6. The van der Waals surface area contributed by atoms with E-state index in [1.54, 1.807) is 24.1 Å². The van der Waals surface area contributed by atoms with Gasteiger partial charge in [0.2, 0.25) is 5.91 Å². The number of aromatic nitrogens is 2. The first-order chi connectivity index (χ1) is 11.6. The molecule has 2 aromatic heterocycles. The van der Waals surface area contributed by atoms with Gasteiger partial charge in [0, 0.05) is 32.4 Å². The second-order valence-corrected chi connectivity index (χ2v) is 5.60. The van der Waals surface area contributed by atoms with E-state index in [9.17, 15) is 9.59 Å². The molecule has 3 rings (SSSR count). The van der Waals surface area contributed by atoms with Crippen LogP contribution in [0.25, 0.3) is 0 Å². The highest BCUT2D eigenvalue weighted by molar-refractivity contribution is 5.97. The van der Waals surface area contributed by atoms with Gasteiger partial charge in [0.25, 0.3) is 5.91 Å². The number of nitrogens with zero attached hydrogens (tertiary/aromatic N) is 4. The van der Waals surface area contributed by atoms with E-state index in [2.05, 4.69) is 20.4 Å². The number of rotatable bonds is 4. The molecule has 0 bridgehead atoms. The quantitative estimate of drug-likeness (QED) is 0.880. The Morgan fingerprint density at radius 2 is 2.04 bits per heavy atom. The van der Waals surface area contributed by atoms with Gasteiger partial charge in [-0.1, -0.05) is 0 Å². The summed E-state index contributed by atoms with van der Waals surface area (Å²) in [6.07, 6.45) is 4.41. The minimum absolute atomic E-state index is 0.0920. The molecule has 126 valence electrons. The van der Waals surface area contributed by atoms with Crippen LogP contribution in [0.15, 0.2) is 41.3 Å². The molecule has 1 aliphatic heterocycles. The molecule has 1 aliphatic rings. The van der Waals surface area contributed by atoms with Crippen LogP contribution in [0, 0.1) is 0 Å². The van der Waals surface area contributed by atoms with Crippen molar-refractivity contribution in [1.82, 2.24) is 20.4 Å². The summed E-state index contributed by atoms with van der Waals surface area (Å²) in [6.45, 7) is 4.23. The van der Waals surface area contributed by atoms with Gasteiger partial charge >= 0.3 is 0 Å². The SMILES string of the molecule is C[C@H](NC(=O)c1ccoc1)C(=O)N1CCN(c2cccnn2)CC1. The van der Waals surface area contributed by atoms with Crippen LogP contribution in [0.3, 0.4) is 0 Å². The summed E-state index contributed by atoms with van der Waals surface area (Å²) >= 11 is 0. The van der Waals surface area contributed by atoms with Gasteiger partial charge in [0.1, 0.15) is 12.3 Å². The Kier molecular flexibility index (Phi) is 4.74. The van der Waals surface area contributed by atoms with E-state index in [4.69, 9.17) is 4.42 Å². The molecule has 0 radical (unpaired) electrons. The van der Waals surface area contributed by atoms with Gasteiger partial charge in [-0.05, 0) is 25.1 Å². The molecule has 1 N–H and O–H groups in total. The Balaban J connectivity index is 1.52. The molecule has 24 heavy (non-hydrogen) atoms.